The second kappa shape index (κ2) is 8.51. The fraction of sp³-hybridized carbons (Fsp3) is 0.667. The number of carbonyl (C=O) groups is 2. The lowest BCUT2D eigenvalue weighted by Gasteiger charge is -2.39. The molecular weight excluding hydrogens is 400 g/mol. The fourth-order valence-corrected chi connectivity index (χ4v) is 5.88. The third kappa shape index (κ3) is 3.87. The molecule has 6 heteroatoms. The lowest BCUT2D eigenvalue weighted by atomic mass is 9.69. The van der Waals surface area contributed by atoms with Crippen molar-refractivity contribution in [2.45, 2.75) is 83.5 Å². The summed E-state index contributed by atoms with van der Waals surface area (Å²) in [7, 11) is 0. The van der Waals surface area contributed by atoms with Gasteiger partial charge >= 0.3 is 0 Å². The molecule has 2 heterocycles. The van der Waals surface area contributed by atoms with Crippen LogP contribution in [-0.4, -0.2) is 40.0 Å². The summed E-state index contributed by atoms with van der Waals surface area (Å²) in [4.78, 5) is 28.8. The van der Waals surface area contributed by atoms with Crippen LogP contribution >= 0.6 is 11.6 Å². The number of hydrogen-bond acceptors (Lipinski definition) is 3. The number of aliphatic hydroxyl groups excluding tert-OH is 1. The van der Waals surface area contributed by atoms with Crippen molar-refractivity contribution in [3.8, 4) is 0 Å². The van der Waals surface area contributed by atoms with Crippen LogP contribution in [0.3, 0.4) is 0 Å². The quantitative estimate of drug-likeness (QED) is 0.686. The summed E-state index contributed by atoms with van der Waals surface area (Å²) in [6.45, 7) is 4.77. The summed E-state index contributed by atoms with van der Waals surface area (Å²) in [6.07, 6.45) is 5.17. The molecule has 1 aromatic carbocycles. The van der Waals surface area contributed by atoms with Gasteiger partial charge in [-0.05, 0) is 62.5 Å². The summed E-state index contributed by atoms with van der Waals surface area (Å²) >= 11 is 6.28. The Hall–Kier alpha value is -1.59. The molecule has 2 aliphatic heterocycles. The van der Waals surface area contributed by atoms with Crippen molar-refractivity contribution in [2.24, 2.45) is 17.3 Å². The van der Waals surface area contributed by atoms with E-state index in [0.29, 0.717) is 30.3 Å². The van der Waals surface area contributed by atoms with Gasteiger partial charge in [0.1, 0.15) is 0 Å². The van der Waals surface area contributed by atoms with E-state index in [1.807, 2.05) is 29.2 Å². The molecule has 2 N–H and O–H groups in total. The molecule has 0 radical (unpaired) electrons. The molecule has 3 aliphatic rings. The standard InChI is InChI=1S/C24H33ClN2O3/c1-15(2)9-10-24(23(30)26-14-16-5-3-4-6-20(16)25)13-18-7-8-21(24)27(18)22(29)17-11-19(28)12-17/h3-6,15,17-19,21,28H,7-14H2,1-2H3,(H,26,30)/t17?,18-,19?,21+,24+/m1/s1. The molecular formula is C24H33ClN2O3. The molecule has 0 spiro atoms. The van der Waals surface area contributed by atoms with Crippen LogP contribution in [0.4, 0.5) is 0 Å². The third-order valence-corrected chi connectivity index (χ3v) is 7.84. The molecule has 2 bridgehead atoms. The Kier molecular flexibility index (Phi) is 6.13. The van der Waals surface area contributed by atoms with Crippen LogP contribution in [0.2, 0.25) is 5.02 Å². The molecule has 0 aromatic heterocycles. The highest BCUT2D eigenvalue weighted by Crippen LogP contribution is 2.54. The number of nitrogens with zero attached hydrogens (tertiary/aromatic N) is 1. The number of halogens is 1. The third-order valence-electron chi connectivity index (χ3n) is 7.47. The Morgan fingerprint density at radius 2 is 2.00 bits per heavy atom. The molecule has 30 heavy (non-hydrogen) atoms. The number of benzene rings is 1. The zero-order valence-corrected chi connectivity index (χ0v) is 18.7. The van der Waals surface area contributed by atoms with Crippen LogP contribution in [0, 0.1) is 17.3 Å². The van der Waals surface area contributed by atoms with Crippen molar-refractivity contribution in [1.82, 2.24) is 10.2 Å². The van der Waals surface area contributed by atoms with E-state index >= 15 is 0 Å². The molecule has 3 atom stereocenters. The van der Waals surface area contributed by atoms with Gasteiger partial charge in [0.15, 0.2) is 0 Å². The number of fused-ring (bicyclic) bond motifs is 2. The fourth-order valence-electron chi connectivity index (χ4n) is 5.68. The van der Waals surface area contributed by atoms with Gasteiger partial charge in [-0.3, -0.25) is 9.59 Å². The number of hydrogen-bond donors (Lipinski definition) is 2. The monoisotopic (exact) mass is 432 g/mol. The largest absolute Gasteiger partial charge is 0.393 e. The number of carbonyl (C=O) groups excluding carboxylic acids is 2. The zero-order valence-electron chi connectivity index (χ0n) is 17.9. The normalized spacial score (nSPS) is 32.4. The maximum Gasteiger partial charge on any atom is 0.228 e. The van der Waals surface area contributed by atoms with Gasteiger partial charge in [-0.25, -0.2) is 0 Å². The maximum absolute atomic E-state index is 13.6. The van der Waals surface area contributed by atoms with Crippen molar-refractivity contribution in [2.75, 3.05) is 0 Å². The lowest BCUT2D eigenvalue weighted by molar-refractivity contribution is -0.145. The molecule has 5 nitrogen and oxygen atoms in total. The highest BCUT2D eigenvalue weighted by atomic mass is 35.5. The Labute approximate surface area is 184 Å². The van der Waals surface area contributed by atoms with Gasteiger partial charge in [-0.2, -0.15) is 0 Å². The van der Waals surface area contributed by atoms with Crippen molar-refractivity contribution in [1.29, 1.82) is 0 Å². The van der Waals surface area contributed by atoms with E-state index in [2.05, 4.69) is 19.2 Å². The Morgan fingerprint density at radius 3 is 2.67 bits per heavy atom. The van der Waals surface area contributed by atoms with Gasteiger partial charge in [0.05, 0.1) is 11.5 Å². The second-order valence-electron chi connectivity index (χ2n) is 9.88. The van der Waals surface area contributed by atoms with Gasteiger partial charge in [0.2, 0.25) is 11.8 Å². The number of aliphatic hydroxyl groups is 1. The van der Waals surface area contributed by atoms with E-state index in [-0.39, 0.29) is 35.9 Å². The van der Waals surface area contributed by atoms with Crippen molar-refractivity contribution in [3.05, 3.63) is 34.9 Å². The van der Waals surface area contributed by atoms with Crippen LogP contribution in [0.1, 0.15) is 64.4 Å². The molecule has 164 valence electrons. The molecule has 4 rings (SSSR count). The van der Waals surface area contributed by atoms with Crippen LogP contribution in [0.5, 0.6) is 0 Å². The Bertz CT molecular complexity index is 807. The second-order valence-corrected chi connectivity index (χ2v) is 10.3. The molecule has 1 aromatic rings. The number of nitrogens with one attached hydrogen (secondary N) is 1. The number of amides is 2. The van der Waals surface area contributed by atoms with Crippen molar-refractivity contribution >= 4 is 23.4 Å². The molecule has 2 amide bonds. The first kappa shape index (κ1) is 21.6. The van der Waals surface area contributed by atoms with E-state index in [1.54, 1.807) is 0 Å². The Balaban J connectivity index is 1.53. The molecule has 1 saturated carbocycles. The summed E-state index contributed by atoms with van der Waals surface area (Å²) in [5.41, 5.74) is 0.387. The topological polar surface area (TPSA) is 69.6 Å². The van der Waals surface area contributed by atoms with Gasteiger partial charge < -0.3 is 15.3 Å². The molecule has 0 unspecified atom stereocenters. The SMILES string of the molecule is CC(C)CC[C@]1(C(=O)NCc2ccccc2Cl)C[C@H]2CC[C@@H]1N2C(=O)C1CC(O)C1. The number of rotatable bonds is 7. The predicted octanol–water partition coefficient (Wildman–Crippen LogP) is 3.91. The van der Waals surface area contributed by atoms with Crippen LogP contribution in [-0.2, 0) is 16.1 Å². The highest BCUT2D eigenvalue weighted by molar-refractivity contribution is 6.31. The molecule has 3 fully saturated rings. The first-order valence-corrected chi connectivity index (χ1v) is 11.7. The first-order valence-electron chi connectivity index (χ1n) is 11.3. The van der Waals surface area contributed by atoms with Crippen LogP contribution < -0.4 is 5.32 Å². The molecule has 1 aliphatic carbocycles. The average Bonchev–Trinajstić information content (AvgIpc) is 3.25. The van der Waals surface area contributed by atoms with Gasteiger partial charge in [0.25, 0.3) is 0 Å². The van der Waals surface area contributed by atoms with E-state index in [0.717, 1.165) is 37.7 Å². The summed E-state index contributed by atoms with van der Waals surface area (Å²) in [6, 6.07) is 7.70. The van der Waals surface area contributed by atoms with Gasteiger partial charge in [-0.15, -0.1) is 0 Å². The Morgan fingerprint density at radius 1 is 1.27 bits per heavy atom. The summed E-state index contributed by atoms with van der Waals surface area (Å²) in [5, 5.41) is 13.5. The average molecular weight is 433 g/mol. The zero-order chi connectivity index (χ0) is 21.5. The summed E-state index contributed by atoms with van der Waals surface area (Å²) in [5.74, 6) is 0.637. The van der Waals surface area contributed by atoms with Crippen molar-refractivity contribution < 1.29 is 14.7 Å². The smallest absolute Gasteiger partial charge is 0.228 e. The highest BCUT2D eigenvalue weighted by Gasteiger charge is 2.61. The van der Waals surface area contributed by atoms with E-state index < -0.39 is 5.41 Å². The van der Waals surface area contributed by atoms with Crippen molar-refractivity contribution in [3.63, 3.8) is 0 Å². The van der Waals surface area contributed by atoms with Gasteiger partial charge in [-0.1, -0.05) is 43.6 Å². The van der Waals surface area contributed by atoms with E-state index in [1.165, 1.54) is 0 Å². The van der Waals surface area contributed by atoms with E-state index in [4.69, 9.17) is 11.6 Å². The molecule has 2 saturated heterocycles. The van der Waals surface area contributed by atoms with Crippen LogP contribution in [0.25, 0.3) is 0 Å². The predicted molar refractivity (Wildman–Crippen MR) is 117 cm³/mol. The van der Waals surface area contributed by atoms with Crippen LogP contribution in [0.15, 0.2) is 24.3 Å². The minimum absolute atomic E-state index is 0.0299. The first-order chi connectivity index (χ1) is 14.3. The minimum Gasteiger partial charge on any atom is -0.393 e. The summed E-state index contributed by atoms with van der Waals surface area (Å²) < 4.78 is 0. The van der Waals surface area contributed by atoms with E-state index in [9.17, 15) is 14.7 Å². The maximum atomic E-state index is 13.6. The van der Waals surface area contributed by atoms with Gasteiger partial charge in [0, 0.05) is 29.6 Å². The minimum atomic E-state index is -0.521. The lowest BCUT2D eigenvalue weighted by Crippen LogP contribution is -2.52.